The maximum Gasteiger partial charge on any atom is 0.280 e. The number of rotatable bonds is 5. The van der Waals surface area contributed by atoms with E-state index in [0.717, 1.165) is 16.3 Å². The van der Waals surface area contributed by atoms with Crippen molar-refractivity contribution in [2.45, 2.75) is 6.92 Å². The van der Waals surface area contributed by atoms with Crippen molar-refractivity contribution in [2.75, 3.05) is 5.32 Å². The van der Waals surface area contributed by atoms with Crippen molar-refractivity contribution < 1.29 is 14.1 Å². The third-order valence-corrected chi connectivity index (χ3v) is 4.93. The highest BCUT2D eigenvalue weighted by molar-refractivity contribution is 6.12. The Morgan fingerprint density at radius 2 is 1.88 bits per heavy atom. The molecule has 1 aromatic heterocycles. The number of anilines is 1. The van der Waals surface area contributed by atoms with Crippen molar-refractivity contribution >= 4 is 34.1 Å². The lowest BCUT2D eigenvalue weighted by atomic mass is 10.1. The lowest BCUT2D eigenvalue weighted by molar-refractivity contribution is -0.384. The Morgan fingerprint density at radius 1 is 1.09 bits per heavy atom. The minimum Gasteiger partial charge on any atom is -0.456 e. The average molecular weight is 423 g/mol. The number of nitro benzene ring substituents is 1. The SMILES string of the molecule is Cc1ccc(-c2ccc(/C=C(\C#N)C(=O)Nc3cccc4ccccc34)o2)c([N+](=O)[O-])c1. The normalized spacial score (nSPS) is 11.2. The number of carbonyl (C=O) groups is 1. The number of nitrogens with zero attached hydrogens (tertiary/aromatic N) is 2. The zero-order valence-electron chi connectivity index (χ0n) is 17.0. The van der Waals surface area contributed by atoms with Gasteiger partial charge < -0.3 is 9.73 Å². The molecule has 1 heterocycles. The zero-order chi connectivity index (χ0) is 22.7. The predicted octanol–water partition coefficient (Wildman–Crippen LogP) is 5.86. The molecule has 0 aliphatic rings. The molecular formula is C25H17N3O4. The van der Waals surface area contributed by atoms with E-state index >= 15 is 0 Å². The van der Waals surface area contributed by atoms with Crippen LogP contribution in [-0.4, -0.2) is 10.8 Å². The average Bonchev–Trinajstić information content (AvgIpc) is 3.26. The van der Waals surface area contributed by atoms with Gasteiger partial charge in [0.2, 0.25) is 0 Å². The first-order chi connectivity index (χ1) is 15.5. The third kappa shape index (κ3) is 4.11. The number of hydrogen-bond acceptors (Lipinski definition) is 5. The van der Waals surface area contributed by atoms with Crippen molar-refractivity contribution in [1.29, 1.82) is 5.26 Å². The van der Waals surface area contributed by atoms with E-state index in [1.807, 2.05) is 42.5 Å². The first kappa shape index (κ1) is 20.6. The number of furan rings is 1. The van der Waals surface area contributed by atoms with Gasteiger partial charge in [0.25, 0.3) is 11.6 Å². The molecule has 32 heavy (non-hydrogen) atoms. The van der Waals surface area contributed by atoms with Crippen molar-refractivity contribution in [3.05, 3.63) is 99.8 Å². The topological polar surface area (TPSA) is 109 Å². The second kappa shape index (κ2) is 8.58. The molecule has 7 heteroatoms. The quantitative estimate of drug-likeness (QED) is 0.187. The van der Waals surface area contributed by atoms with E-state index in [1.54, 1.807) is 37.3 Å². The Bertz CT molecular complexity index is 1420. The van der Waals surface area contributed by atoms with E-state index in [0.29, 0.717) is 11.3 Å². The maximum atomic E-state index is 12.7. The van der Waals surface area contributed by atoms with Crippen LogP contribution in [0.1, 0.15) is 11.3 Å². The first-order valence-corrected chi connectivity index (χ1v) is 9.72. The van der Waals surface area contributed by atoms with Gasteiger partial charge in [0, 0.05) is 23.2 Å². The Hall–Kier alpha value is -4.70. The molecule has 0 saturated carbocycles. The highest BCUT2D eigenvalue weighted by Gasteiger charge is 2.19. The molecule has 1 N–H and O–H groups in total. The molecule has 0 saturated heterocycles. The standard InChI is InChI=1S/C25H17N3O4/c1-16-9-11-21(23(13-16)28(30)31)24-12-10-19(32-24)14-18(15-26)25(29)27-22-8-4-6-17-5-2-3-7-20(17)22/h2-14H,1H3,(H,27,29)/b18-14+. The van der Waals surface area contributed by atoms with Gasteiger partial charge in [-0.25, -0.2) is 0 Å². The Kier molecular flexibility index (Phi) is 5.51. The molecule has 7 nitrogen and oxygen atoms in total. The molecule has 3 aromatic carbocycles. The predicted molar refractivity (Wildman–Crippen MR) is 122 cm³/mol. The Morgan fingerprint density at radius 3 is 2.66 bits per heavy atom. The summed E-state index contributed by atoms with van der Waals surface area (Å²) in [4.78, 5) is 23.6. The number of hydrogen-bond donors (Lipinski definition) is 1. The zero-order valence-corrected chi connectivity index (χ0v) is 17.0. The van der Waals surface area contributed by atoms with E-state index in [1.165, 1.54) is 12.1 Å². The van der Waals surface area contributed by atoms with Gasteiger partial charge in [-0.15, -0.1) is 0 Å². The number of nitro groups is 1. The van der Waals surface area contributed by atoms with E-state index in [-0.39, 0.29) is 22.8 Å². The molecule has 4 rings (SSSR count). The van der Waals surface area contributed by atoms with E-state index in [2.05, 4.69) is 5.32 Å². The summed E-state index contributed by atoms with van der Waals surface area (Å²) in [6.07, 6.45) is 1.31. The van der Waals surface area contributed by atoms with E-state index < -0.39 is 10.8 Å². The van der Waals surface area contributed by atoms with Crippen molar-refractivity contribution in [1.82, 2.24) is 0 Å². The molecule has 1 amide bonds. The fraction of sp³-hybridized carbons (Fsp3) is 0.0400. The molecule has 0 aliphatic carbocycles. The van der Waals surface area contributed by atoms with Gasteiger partial charge in [-0.2, -0.15) is 5.26 Å². The van der Waals surface area contributed by atoms with Crippen molar-refractivity contribution in [2.24, 2.45) is 0 Å². The number of fused-ring (bicyclic) bond motifs is 1. The lowest BCUT2D eigenvalue weighted by Crippen LogP contribution is -2.13. The summed E-state index contributed by atoms with van der Waals surface area (Å²) in [6, 6.07) is 22.9. The lowest BCUT2D eigenvalue weighted by Gasteiger charge is -2.08. The summed E-state index contributed by atoms with van der Waals surface area (Å²) < 4.78 is 5.69. The second-order valence-corrected chi connectivity index (χ2v) is 7.13. The van der Waals surface area contributed by atoms with Crippen LogP contribution in [0, 0.1) is 28.4 Å². The number of aryl methyl sites for hydroxylation is 1. The fourth-order valence-electron chi connectivity index (χ4n) is 3.39. The molecule has 0 unspecified atom stereocenters. The molecule has 156 valence electrons. The minimum absolute atomic E-state index is 0.0796. The van der Waals surface area contributed by atoms with Gasteiger partial charge in [0.05, 0.1) is 10.5 Å². The molecule has 0 spiro atoms. The molecule has 0 aliphatic heterocycles. The van der Waals surface area contributed by atoms with Crippen LogP contribution < -0.4 is 5.32 Å². The van der Waals surface area contributed by atoms with Gasteiger partial charge in [-0.3, -0.25) is 14.9 Å². The second-order valence-electron chi connectivity index (χ2n) is 7.13. The van der Waals surface area contributed by atoms with Crippen LogP contribution in [-0.2, 0) is 4.79 Å². The van der Waals surface area contributed by atoms with Crippen LogP contribution in [0.2, 0.25) is 0 Å². The summed E-state index contributed by atoms with van der Waals surface area (Å²) in [7, 11) is 0. The van der Waals surface area contributed by atoms with Gasteiger partial charge >= 0.3 is 0 Å². The van der Waals surface area contributed by atoms with Crippen molar-refractivity contribution in [3.8, 4) is 17.4 Å². The number of nitrogens with one attached hydrogen (secondary N) is 1. The highest BCUT2D eigenvalue weighted by Crippen LogP contribution is 2.32. The third-order valence-electron chi connectivity index (χ3n) is 4.93. The largest absolute Gasteiger partial charge is 0.456 e. The van der Waals surface area contributed by atoms with Crippen LogP contribution in [0.4, 0.5) is 11.4 Å². The minimum atomic E-state index is -0.580. The number of carbonyl (C=O) groups excluding carboxylic acids is 1. The molecule has 0 atom stereocenters. The molecular weight excluding hydrogens is 406 g/mol. The first-order valence-electron chi connectivity index (χ1n) is 9.72. The molecule has 0 bridgehead atoms. The van der Waals surface area contributed by atoms with Crippen LogP contribution in [0.25, 0.3) is 28.2 Å². The van der Waals surface area contributed by atoms with Gasteiger partial charge in [-0.05, 0) is 42.1 Å². The van der Waals surface area contributed by atoms with Crippen LogP contribution in [0.5, 0.6) is 0 Å². The van der Waals surface area contributed by atoms with Crippen LogP contribution in [0.15, 0.2) is 82.8 Å². The van der Waals surface area contributed by atoms with Crippen LogP contribution >= 0.6 is 0 Å². The van der Waals surface area contributed by atoms with Gasteiger partial charge in [0.15, 0.2) is 0 Å². The molecule has 0 radical (unpaired) electrons. The fourth-order valence-corrected chi connectivity index (χ4v) is 3.39. The number of nitriles is 1. The summed E-state index contributed by atoms with van der Waals surface area (Å²) in [5.74, 6) is -0.0719. The summed E-state index contributed by atoms with van der Waals surface area (Å²) in [6.45, 7) is 1.76. The van der Waals surface area contributed by atoms with Crippen LogP contribution in [0.3, 0.4) is 0 Å². The number of benzene rings is 3. The molecule has 4 aromatic rings. The smallest absolute Gasteiger partial charge is 0.280 e. The van der Waals surface area contributed by atoms with Gasteiger partial charge in [-0.1, -0.05) is 42.5 Å². The monoisotopic (exact) mass is 423 g/mol. The Balaban J connectivity index is 1.62. The van der Waals surface area contributed by atoms with Crippen molar-refractivity contribution in [3.63, 3.8) is 0 Å². The number of amides is 1. The summed E-state index contributed by atoms with van der Waals surface area (Å²) >= 11 is 0. The molecule has 0 fully saturated rings. The highest BCUT2D eigenvalue weighted by atomic mass is 16.6. The Labute approximate surface area is 183 Å². The van der Waals surface area contributed by atoms with E-state index in [4.69, 9.17) is 4.42 Å². The maximum absolute atomic E-state index is 12.7. The summed E-state index contributed by atoms with van der Waals surface area (Å²) in [5.41, 5.74) is 1.42. The van der Waals surface area contributed by atoms with Gasteiger partial charge in [0.1, 0.15) is 23.2 Å². The summed E-state index contributed by atoms with van der Waals surface area (Å²) in [5, 5.41) is 25.5. The van der Waals surface area contributed by atoms with E-state index in [9.17, 15) is 20.2 Å².